The van der Waals surface area contributed by atoms with Crippen molar-refractivity contribution in [3.63, 3.8) is 0 Å². The molecule has 124 valence electrons. The standard InChI is InChI=1S/C17H21NO4S/c1-4-13-5-7-14(8-6-13)12-18-23(19,20)17-11-15(21-2)9-10-16(17)22-3/h5-11,18H,4,12H2,1-3H3. The summed E-state index contributed by atoms with van der Waals surface area (Å²) >= 11 is 0. The van der Waals surface area contributed by atoms with E-state index in [1.165, 1.54) is 25.8 Å². The molecule has 0 unspecified atom stereocenters. The van der Waals surface area contributed by atoms with Crippen LogP contribution in [0.25, 0.3) is 0 Å². The van der Waals surface area contributed by atoms with Gasteiger partial charge in [-0.2, -0.15) is 0 Å². The first-order valence-electron chi connectivity index (χ1n) is 7.29. The van der Waals surface area contributed by atoms with E-state index in [1.54, 1.807) is 12.1 Å². The van der Waals surface area contributed by atoms with Crippen LogP contribution in [0.3, 0.4) is 0 Å². The minimum Gasteiger partial charge on any atom is -0.497 e. The van der Waals surface area contributed by atoms with E-state index in [2.05, 4.69) is 11.6 Å². The quantitative estimate of drug-likeness (QED) is 0.845. The molecule has 0 bridgehead atoms. The number of benzene rings is 2. The van der Waals surface area contributed by atoms with Crippen molar-refractivity contribution in [1.29, 1.82) is 0 Å². The maximum atomic E-state index is 12.5. The Hall–Kier alpha value is -2.05. The second-order valence-corrected chi connectivity index (χ2v) is 6.75. The Morgan fingerprint density at radius 2 is 1.61 bits per heavy atom. The summed E-state index contributed by atoms with van der Waals surface area (Å²) in [5.74, 6) is 0.734. The van der Waals surface area contributed by atoms with Crippen molar-refractivity contribution >= 4 is 10.0 Å². The maximum Gasteiger partial charge on any atom is 0.244 e. The van der Waals surface area contributed by atoms with E-state index in [4.69, 9.17) is 9.47 Å². The second-order valence-electron chi connectivity index (χ2n) is 5.01. The van der Waals surface area contributed by atoms with Gasteiger partial charge in [-0.25, -0.2) is 13.1 Å². The summed E-state index contributed by atoms with van der Waals surface area (Å²) in [6.45, 7) is 2.29. The van der Waals surface area contributed by atoms with Crippen molar-refractivity contribution in [1.82, 2.24) is 4.72 Å². The van der Waals surface area contributed by atoms with Crippen molar-refractivity contribution in [3.8, 4) is 11.5 Å². The van der Waals surface area contributed by atoms with Crippen LogP contribution in [-0.2, 0) is 23.0 Å². The Morgan fingerprint density at radius 1 is 0.957 bits per heavy atom. The van der Waals surface area contributed by atoms with Gasteiger partial charge in [-0.15, -0.1) is 0 Å². The predicted octanol–water partition coefficient (Wildman–Crippen LogP) is 2.74. The van der Waals surface area contributed by atoms with Crippen LogP contribution in [0.15, 0.2) is 47.4 Å². The monoisotopic (exact) mass is 335 g/mol. The fourth-order valence-corrected chi connectivity index (χ4v) is 3.34. The fourth-order valence-electron chi connectivity index (χ4n) is 2.14. The summed E-state index contributed by atoms with van der Waals surface area (Å²) in [6, 6.07) is 12.5. The highest BCUT2D eigenvalue weighted by molar-refractivity contribution is 7.89. The molecule has 23 heavy (non-hydrogen) atoms. The molecule has 0 fully saturated rings. The van der Waals surface area contributed by atoms with Crippen LogP contribution in [0.1, 0.15) is 18.1 Å². The average Bonchev–Trinajstić information content (AvgIpc) is 2.59. The molecule has 0 saturated carbocycles. The van der Waals surface area contributed by atoms with Crippen LogP contribution in [-0.4, -0.2) is 22.6 Å². The molecule has 6 heteroatoms. The molecular weight excluding hydrogens is 314 g/mol. The van der Waals surface area contributed by atoms with Gasteiger partial charge in [0.1, 0.15) is 16.4 Å². The number of aryl methyl sites for hydroxylation is 1. The molecule has 0 saturated heterocycles. The van der Waals surface area contributed by atoms with E-state index >= 15 is 0 Å². The third kappa shape index (κ3) is 4.24. The fraction of sp³-hybridized carbons (Fsp3) is 0.294. The molecule has 0 radical (unpaired) electrons. The molecule has 0 aliphatic heterocycles. The number of hydrogen-bond acceptors (Lipinski definition) is 4. The van der Waals surface area contributed by atoms with Gasteiger partial charge in [0.15, 0.2) is 0 Å². The van der Waals surface area contributed by atoms with Gasteiger partial charge >= 0.3 is 0 Å². The van der Waals surface area contributed by atoms with Crippen LogP contribution < -0.4 is 14.2 Å². The van der Waals surface area contributed by atoms with Gasteiger partial charge in [-0.05, 0) is 29.7 Å². The molecule has 0 amide bonds. The average molecular weight is 335 g/mol. The van der Waals surface area contributed by atoms with Gasteiger partial charge in [0.2, 0.25) is 10.0 Å². The van der Waals surface area contributed by atoms with Crippen LogP contribution >= 0.6 is 0 Å². The number of methoxy groups -OCH3 is 2. The van der Waals surface area contributed by atoms with Crippen molar-refractivity contribution in [2.75, 3.05) is 14.2 Å². The molecule has 0 aliphatic carbocycles. The topological polar surface area (TPSA) is 64.6 Å². The SMILES string of the molecule is CCc1ccc(CNS(=O)(=O)c2cc(OC)ccc2OC)cc1. The number of ether oxygens (including phenoxy) is 2. The molecule has 2 aromatic rings. The summed E-state index contributed by atoms with van der Waals surface area (Å²) in [7, 11) is -0.783. The Bertz CT molecular complexity index is 755. The molecule has 0 aromatic heterocycles. The summed E-state index contributed by atoms with van der Waals surface area (Å²) in [6.07, 6.45) is 0.951. The molecule has 2 aromatic carbocycles. The molecule has 0 aliphatic rings. The third-order valence-electron chi connectivity index (χ3n) is 3.56. The highest BCUT2D eigenvalue weighted by atomic mass is 32.2. The summed E-state index contributed by atoms with van der Waals surface area (Å²) in [5, 5.41) is 0. The van der Waals surface area contributed by atoms with Gasteiger partial charge in [0, 0.05) is 12.6 Å². The normalized spacial score (nSPS) is 11.3. The number of nitrogens with one attached hydrogen (secondary N) is 1. The van der Waals surface area contributed by atoms with Crippen molar-refractivity contribution in [2.24, 2.45) is 0 Å². The van der Waals surface area contributed by atoms with Crippen LogP contribution in [0.4, 0.5) is 0 Å². The molecular formula is C17H21NO4S. The first-order valence-corrected chi connectivity index (χ1v) is 8.78. The number of rotatable bonds is 7. The van der Waals surface area contributed by atoms with Crippen LogP contribution in [0.5, 0.6) is 11.5 Å². The molecule has 0 spiro atoms. The van der Waals surface area contributed by atoms with E-state index in [-0.39, 0.29) is 17.2 Å². The zero-order chi connectivity index (χ0) is 16.9. The van der Waals surface area contributed by atoms with Crippen molar-refractivity contribution in [3.05, 3.63) is 53.6 Å². The molecule has 5 nitrogen and oxygen atoms in total. The van der Waals surface area contributed by atoms with Gasteiger partial charge < -0.3 is 9.47 Å². The highest BCUT2D eigenvalue weighted by Gasteiger charge is 2.20. The van der Waals surface area contributed by atoms with E-state index in [0.717, 1.165) is 12.0 Å². The first kappa shape index (κ1) is 17.3. The second kappa shape index (κ2) is 7.48. The smallest absolute Gasteiger partial charge is 0.244 e. The predicted molar refractivity (Wildman–Crippen MR) is 89.4 cm³/mol. The van der Waals surface area contributed by atoms with E-state index in [0.29, 0.717) is 5.75 Å². The van der Waals surface area contributed by atoms with E-state index in [1.807, 2.05) is 24.3 Å². The Kier molecular flexibility index (Phi) is 5.63. The largest absolute Gasteiger partial charge is 0.497 e. The Labute approximate surface area is 137 Å². The molecule has 0 heterocycles. The lowest BCUT2D eigenvalue weighted by Crippen LogP contribution is -2.23. The zero-order valence-corrected chi connectivity index (χ0v) is 14.3. The minimum atomic E-state index is -3.70. The van der Waals surface area contributed by atoms with Gasteiger partial charge in [0.25, 0.3) is 0 Å². The molecule has 2 rings (SSSR count). The van der Waals surface area contributed by atoms with Gasteiger partial charge in [-0.1, -0.05) is 31.2 Å². The van der Waals surface area contributed by atoms with Crippen LogP contribution in [0.2, 0.25) is 0 Å². The number of hydrogen-bond donors (Lipinski definition) is 1. The van der Waals surface area contributed by atoms with E-state index < -0.39 is 10.0 Å². The van der Waals surface area contributed by atoms with Gasteiger partial charge in [0.05, 0.1) is 14.2 Å². The Balaban J connectivity index is 2.20. The lowest BCUT2D eigenvalue weighted by molar-refractivity contribution is 0.392. The van der Waals surface area contributed by atoms with Crippen molar-refractivity contribution < 1.29 is 17.9 Å². The van der Waals surface area contributed by atoms with Crippen molar-refractivity contribution in [2.45, 2.75) is 24.8 Å². The number of sulfonamides is 1. The maximum absolute atomic E-state index is 12.5. The van der Waals surface area contributed by atoms with Crippen LogP contribution in [0, 0.1) is 0 Å². The highest BCUT2D eigenvalue weighted by Crippen LogP contribution is 2.28. The first-order chi connectivity index (χ1) is 11.0. The van der Waals surface area contributed by atoms with E-state index in [9.17, 15) is 8.42 Å². The Morgan fingerprint density at radius 3 is 2.17 bits per heavy atom. The van der Waals surface area contributed by atoms with Gasteiger partial charge in [-0.3, -0.25) is 0 Å². The summed E-state index contributed by atoms with van der Waals surface area (Å²) < 4.78 is 37.9. The lowest BCUT2D eigenvalue weighted by atomic mass is 10.1. The lowest BCUT2D eigenvalue weighted by Gasteiger charge is -2.12. The molecule has 0 atom stereocenters. The minimum absolute atomic E-state index is 0.0597. The zero-order valence-electron chi connectivity index (χ0n) is 13.5. The molecule has 1 N–H and O–H groups in total. The summed E-state index contributed by atoms with van der Waals surface area (Å²) in [5.41, 5.74) is 2.11. The third-order valence-corrected chi connectivity index (χ3v) is 4.98. The summed E-state index contributed by atoms with van der Waals surface area (Å²) in [4.78, 5) is 0.0597.